The number of hydrogen-bond donors (Lipinski definition) is 3. The SMILES string of the molecule is CC(=O)N1CC(Nc2ccc(Nc3ncc4ccnc(-c5cccc(NC(=O)C=CCN(C)C)c5)c4n3)cn2)C1. The molecule has 5 rings (SSSR count). The summed E-state index contributed by atoms with van der Waals surface area (Å²) in [7, 11) is 3.89. The van der Waals surface area contributed by atoms with Gasteiger partial charge in [0.15, 0.2) is 0 Å². The number of amides is 2. The largest absolute Gasteiger partial charge is 0.364 e. The van der Waals surface area contributed by atoms with Gasteiger partial charge in [-0.05, 0) is 44.4 Å². The van der Waals surface area contributed by atoms with E-state index in [9.17, 15) is 9.59 Å². The molecule has 1 fully saturated rings. The van der Waals surface area contributed by atoms with Gasteiger partial charge in [-0.1, -0.05) is 18.2 Å². The third kappa shape index (κ3) is 6.56. The number of nitrogens with one attached hydrogen (secondary N) is 3. The van der Waals surface area contributed by atoms with Gasteiger partial charge < -0.3 is 25.8 Å². The molecule has 3 aromatic heterocycles. The zero-order valence-corrected chi connectivity index (χ0v) is 22.6. The summed E-state index contributed by atoms with van der Waals surface area (Å²) in [4.78, 5) is 45.7. The summed E-state index contributed by atoms with van der Waals surface area (Å²) in [5.41, 5.74) is 3.59. The standard InChI is InChI=1S/C29H31N9O2/c1-19(39)38-17-24(18-38)33-25-10-9-23(16-31-25)35-29-32-15-21-11-12-30-27(28(21)36-29)20-6-4-7-22(14-20)34-26(40)8-5-13-37(2)3/h4-12,14-16,24H,13,17-18H2,1-3H3,(H,31,33)(H,34,40)(H,32,35,36). The summed E-state index contributed by atoms with van der Waals surface area (Å²) in [6.45, 7) is 3.62. The second-order valence-electron chi connectivity index (χ2n) is 9.85. The van der Waals surface area contributed by atoms with Crippen molar-refractivity contribution in [3.8, 4) is 11.3 Å². The topological polar surface area (TPSA) is 128 Å². The van der Waals surface area contributed by atoms with Crippen LogP contribution in [0.3, 0.4) is 0 Å². The summed E-state index contributed by atoms with van der Waals surface area (Å²) in [6, 6.07) is 13.4. The highest BCUT2D eigenvalue weighted by Gasteiger charge is 2.28. The quantitative estimate of drug-likeness (QED) is 0.275. The number of carbonyl (C=O) groups is 2. The molecule has 1 aliphatic heterocycles. The van der Waals surface area contributed by atoms with Crippen molar-refractivity contribution in [2.24, 2.45) is 0 Å². The number of nitrogens with zero attached hydrogens (tertiary/aromatic N) is 6. The predicted molar refractivity (Wildman–Crippen MR) is 156 cm³/mol. The summed E-state index contributed by atoms with van der Waals surface area (Å²) in [5.74, 6) is 1.04. The Morgan fingerprint density at radius 3 is 2.65 bits per heavy atom. The molecule has 0 radical (unpaired) electrons. The minimum Gasteiger partial charge on any atom is -0.364 e. The van der Waals surface area contributed by atoms with E-state index in [4.69, 9.17) is 4.98 Å². The molecule has 1 aromatic carbocycles. The highest BCUT2D eigenvalue weighted by molar-refractivity contribution is 6.00. The Balaban J connectivity index is 1.29. The smallest absolute Gasteiger partial charge is 0.248 e. The molecular formula is C29H31N9O2. The number of carbonyl (C=O) groups excluding carboxylic acids is 2. The van der Waals surface area contributed by atoms with Gasteiger partial charge in [0, 0.05) is 61.7 Å². The van der Waals surface area contributed by atoms with E-state index in [-0.39, 0.29) is 17.9 Å². The van der Waals surface area contributed by atoms with Crippen LogP contribution in [0.2, 0.25) is 0 Å². The monoisotopic (exact) mass is 537 g/mol. The Morgan fingerprint density at radius 2 is 1.90 bits per heavy atom. The first kappa shape index (κ1) is 26.7. The van der Waals surface area contributed by atoms with Crippen LogP contribution in [0.4, 0.5) is 23.1 Å². The van der Waals surface area contributed by atoms with Crippen molar-refractivity contribution in [2.75, 3.05) is 49.7 Å². The van der Waals surface area contributed by atoms with Crippen LogP contribution in [-0.2, 0) is 9.59 Å². The van der Waals surface area contributed by atoms with Crippen LogP contribution in [0.15, 0.2) is 73.2 Å². The lowest BCUT2D eigenvalue weighted by Gasteiger charge is -2.39. The van der Waals surface area contributed by atoms with E-state index in [0.717, 1.165) is 22.5 Å². The number of hydrogen-bond acceptors (Lipinski definition) is 9. The first-order valence-corrected chi connectivity index (χ1v) is 12.9. The second kappa shape index (κ2) is 11.9. The van der Waals surface area contributed by atoms with Gasteiger partial charge in [0.1, 0.15) is 11.3 Å². The van der Waals surface area contributed by atoms with Crippen LogP contribution in [0.25, 0.3) is 22.2 Å². The molecule has 0 spiro atoms. The van der Waals surface area contributed by atoms with Gasteiger partial charge in [0.2, 0.25) is 17.8 Å². The number of likely N-dealkylation sites (N-methyl/N-ethyl adjacent to an activating group) is 1. The van der Waals surface area contributed by atoms with E-state index in [0.29, 0.717) is 42.5 Å². The van der Waals surface area contributed by atoms with Crippen LogP contribution in [-0.4, -0.2) is 81.3 Å². The molecular weight excluding hydrogens is 506 g/mol. The maximum atomic E-state index is 12.3. The molecule has 3 N–H and O–H groups in total. The van der Waals surface area contributed by atoms with Crippen LogP contribution >= 0.6 is 0 Å². The fourth-order valence-corrected chi connectivity index (χ4v) is 4.24. The van der Waals surface area contributed by atoms with Gasteiger partial charge in [0.05, 0.1) is 23.6 Å². The maximum Gasteiger partial charge on any atom is 0.248 e. The molecule has 4 aromatic rings. The Morgan fingerprint density at radius 1 is 1.05 bits per heavy atom. The zero-order chi connectivity index (χ0) is 28.1. The van der Waals surface area contributed by atoms with Crippen molar-refractivity contribution >= 4 is 45.9 Å². The normalized spacial score (nSPS) is 13.4. The molecule has 11 nitrogen and oxygen atoms in total. The van der Waals surface area contributed by atoms with Gasteiger partial charge in [-0.25, -0.2) is 15.0 Å². The van der Waals surface area contributed by atoms with Crippen LogP contribution < -0.4 is 16.0 Å². The van der Waals surface area contributed by atoms with Crippen LogP contribution in [0, 0.1) is 0 Å². The lowest BCUT2D eigenvalue weighted by molar-refractivity contribution is -0.132. The molecule has 0 unspecified atom stereocenters. The molecule has 4 heterocycles. The minimum atomic E-state index is -0.195. The average Bonchev–Trinajstić information content (AvgIpc) is 2.90. The van der Waals surface area contributed by atoms with Crippen LogP contribution in [0.1, 0.15) is 6.92 Å². The van der Waals surface area contributed by atoms with Crippen molar-refractivity contribution < 1.29 is 9.59 Å². The van der Waals surface area contributed by atoms with Crippen molar-refractivity contribution in [1.29, 1.82) is 0 Å². The van der Waals surface area contributed by atoms with Gasteiger partial charge in [-0.2, -0.15) is 0 Å². The second-order valence-corrected chi connectivity index (χ2v) is 9.85. The number of rotatable bonds is 9. The molecule has 204 valence electrons. The van der Waals surface area contributed by atoms with E-state index < -0.39 is 0 Å². The van der Waals surface area contributed by atoms with Crippen molar-refractivity contribution in [3.63, 3.8) is 0 Å². The third-order valence-corrected chi connectivity index (χ3v) is 6.34. The molecule has 0 saturated carbocycles. The number of anilines is 4. The number of aromatic nitrogens is 4. The van der Waals surface area contributed by atoms with E-state index in [1.807, 2.05) is 67.5 Å². The molecule has 11 heteroatoms. The predicted octanol–water partition coefficient (Wildman–Crippen LogP) is 3.53. The average molecular weight is 538 g/mol. The molecule has 40 heavy (non-hydrogen) atoms. The van der Waals surface area contributed by atoms with Gasteiger partial charge in [0.25, 0.3) is 0 Å². The fraction of sp³-hybridized carbons (Fsp3) is 0.241. The molecule has 0 atom stereocenters. The summed E-state index contributed by atoms with van der Waals surface area (Å²) in [5, 5.41) is 10.3. The van der Waals surface area contributed by atoms with Gasteiger partial charge in [-0.15, -0.1) is 0 Å². The highest BCUT2D eigenvalue weighted by Crippen LogP contribution is 2.28. The van der Waals surface area contributed by atoms with Crippen molar-refractivity contribution in [3.05, 3.63) is 73.2 Å². The van der Waals surface area contributed by atoms with E-state index in [2.05, 4.69) is 30.9 Å². The highest BCUT2D eigenvalue weighted by atomic mass is 16.2. The molecule has 1 saturated heterocycles. The molecule has 1 aliphatic rings. The molecule has 2 amide bonds. The van der Waals surface area contributed by atoms with Crippen molar-refractivity contribution in [2.45, 2.75) is 13.0 Å². The Kier molecular flexibility index (Phi) is 7.92. The lowest BCUT2D eigenvalue weighted by atomic mass is 10.1. The summed E-state index contributed by atoms with van der Waals surface area (Å²) in [6.07, 6.45) is 8.52. The fourth-order valence-electron chi connectivity index (χ4n) is 4.24. The maximum absolute atomic E-state index is 12.3. The van der Waals surface area contributed by atoms with Gasteiger partial charge in [-0.3, -0.25) is 14.6 Å². The van der Waals surface area contributed by atoms with Crippen molar-refractivity contribution in [1.82, 2.24) is 29.7 Å². The first-order chi connectivity index (χ1) is 19.3. The minimum absolute atomic E-state index is 0.0855. The number of fused-ring (bicyclic) bond motifs is 1. The first-order valence-electron chi connectivity index (χ1n) is 12.9. The van der Waals surface area contributed by atoms with Gasteiger partial charge >= 0.3 is 0 Å². The Hall–Kier alpha value is -4.90. The number of benzene rings is 1. The van der Waals surface area contributed by atoms with E-state index in [1.165, 1.54) is 6.08 Å². The Labute approximate surface area is 232 Å². The molecule has 0 aliphatic carbocycles. The zero-order valence-electron chi connectivity index (χ0n) is 22.6. The summed E-state index contributed by atoms with van der Waals surface area (Å²) < 4.78 is 0. The van der Waals surface area contributed by atoms with E-state index >= 15 is 0 Å². The lowest BCUT2D eigenvalue weighted by Crippen LogP contribution is -2.56. The van der Waals surface area contributed by atoms with E-state index in [1.54, 1.807) is 30.4 Å². The molecule has 0 bridgehead atoms. The Bertz CT molecular complexity index is 1550. The third-order valence-electron chi connectivity index (χ3n) is 6.34. The number of likely N-dealkylation sites (tertiary alicyclic amines) is 1. The number of pyridine rings is 2. The van der Waals surface area contributed by atoms with Crippen LogP contribution in [0.5, 0.6) is 0 Å². The summed E-state index contributed by atoms with van der Waals surface area (Å²) >= 11 is 0.